The third kappa shape index (κ3) is 2.83. The molecule has 84 valence electrons. The lowest BCUT2D eigenvalue weighted by Crippen LogP contribution is -1.83. The maximum atomic E-state index is 3.79. The van der Waals surface area contributed by atoms with Gasteiger partial charge in [-0.25, -0.2) is 0 Å². The molecule has 0 N–H and O–H groups in total. The SMILES string of the molecule is C=Cc1ccc(CCc2ccc(CC)s2)s1. The van der Waals surface area contributed by atoms with Crippen LogP contribution in [0.15, 0.2) is 30.8 Å². The Morgan fingerprint density at radius 1 is 1.00 bits per heavy atom. The van der Waals surface area contributed by atoms with Gasteiger partial charge in [-0.15, -0.1) is 22.7 Å². The summed E-state index contributed by atoms with van der Waals surface area (Å²) in [5.74, 6) is 0. The van der Waals surface area contributed by atoms with Gasteiger partial charge < -0.3 is 0 Å². The zero-order chi connectivity index (χ0) is 11.4. The second kappa shape index (κ2) is 5.46. The molecule has 0 radical (unpaired) electrons. The molecule has 0 aliphatic heterocycles. The predicted octanol–water partition coefficient (Wildman–Crippen LogP) is 4.80. The molecule has 0 aliphatic rings. The largest absolute Gasteiger partial charge is 0.145 e. The fourth-order valence-corrected chi connectivity index (χ4v) is 3.45. The van der Waals surface area contributed by atoms with Gasteiger partial charge in [0.2, 0.25) is 0 Å². The van der Waals surface area contributed by atoms with Crippen LogP contribution in [0.4, 0.5) is 0 Å². The summed E-state index contributed by atoms with van der Waals surface area (Å²) in [5.41, 5.74) is 0. The molecular formula is C14H16S2. The van der Waals surface area contributed by atoms with Gasteiger partial charge in [-0.1, -0.05) is 19.6 Å². The Morgan fingerprint density at radius 2 is 1.62 bits per heavy atom. The molecule has 2 aromatic heterocycles. The van der Waals surface area contributed by atoms with Crippen LogP contribution in [0.5, 0.6) is 0 Å². The van der Waals surface area contributed by atoms with Crippen LogP contribution in [-0.4, -0.2) is 0 Å². The summed E-state index contributed by atoms with van der Waals surface area (Å²) >= 11 is 3.80. The first-order chi connectivity index (χ1) is 7.81. The number of aryl methyl sites for hydroxylation is 3. The Balaban J connectivity index is 1.93. The molecule has 0 aromatic carbocycles. The number of thiophene rings is 2. The van der Waals surface area contributed by atoms with Crippen molar-refractivity contribution in [2.24, 2.45) is 0 Å². The molecule has 0 saturated heterocycles. The fourth-order valence-electron chi connectivity index (χ4n) is 1.63. The highest BCUT2D eigenvalue weighted by Gasteiger charge is 2.01. The molecule has 0 spiro atoms. The van der Waals surface area contributed by atoms with E-state index in [2.05, 4.69) is 37.8 Å². The van der Waals surface area contributed by atoms with Crippen LogP contribution in [0.25, 0.3) is 6.08 Å². The van der Waals surface area contributed by atoms with Crippen molar-refractivity contribution >= 4 is 28.7 Å². The molecule has 2 heterocycles. The normalized spacial score (nSPS) is 10.6. The number of hydrogen-bond acceptors (Lipinski definition) is 2. The average Bonchev–Trinajstić information content (AvgIpc) is 2.95. The van der Waals surface area contributed by atoms with E-state index in [0.717, 1.165) is 12.8 Å². The molecule has 0 saturated carbocycles. The summed E-state index contributed by atoms with van der Waals surface area (Å²) in [6, 6.07) is 8.89. The van der Waals surface area contributed by atoms with Crippen LogP contribution in [0.3, 0.4) is 0 Å². The van der Waals surface area contributed by atoms with Crippen molar-refractivity contribution in [3.05, 3.63) is 50.4 Å². The lowest BCUT2D eigenvalue weighted by atomic mass is 10.2. The van der Waals surface area contributed by atoms with Gasteiger partial charge in [0.05, 0.1) is 0 Å². The van der Waals surface area contributed by atoms with E-state index in [-0.39, 0.29) is 0 Å². The van der Waals surface area contributed by atoms with E-state index in [9.17, 15) is 0 Å². The predicted molar refractivity (Wildman–Crippen MR) is 75.5 cm³/mol. The molecule has 2 aromatic rings. The minimum absolute atomic E-state index is 1.15. The van der Waals surface area contributed by atoms with E-state index < -0.39 is 0 Å². The van der Waals surface area contributed by atoms with Gasteiger partial charge in [0, 0.05) is 19.5 Å². The Kier molecular flexibility index (Phi) is 3.97. The topological polar surface area (TPSA) is 0 Å². The van der Waals surface area contributed by atoms with E-state index in [1.165, 1.54) is 25.9 Å². The van der Waals surface area contributed by atoms with E-state index in [4.69, 9.17) is 0 Å². The molecule has 2 rings (SSSR count). The van der Waals surface area contributed by atoms with Gasteiger partial charge in [-0.05, 0) is 43.5 Å². The van der Waals surface area contributed by atoms with Crippen molar-refractivity contribution in [1.29, 1.82) is 0 Å². The first kappa shape index (κ1) is 11.6. The summed E-state index contributed by atoms with van der Waals surface area (Å²) in [4.78, 5) is 5.73. The standard InChI is InChI=1S/C14H16S2/c1-3-11-5-7-13(15-11)9-10-14-8-6-12(4-2)16-14/h3,5-8H,1,4,9-10H2,2H3. The smallest absolute Gasteiger partial charge is 0.0267 e. The molecule has 0 amide bonds. The highest BCUT2D eigenvalue weighted by atomic mass is 32.1. The zero-order valence-corrected chi connectivity index (χ0v) is 11.2. The molecular weight excluding hydrogens is 232 g/mol. The Hall–Kier alpha value is -0.860. The molecule has 0 bridgehead atoms. The van der Waals surface area contributed by atoms with Crippen LogP contribution in [0.2, 0.25) is 0 Å². The highest BCUT2D eigenvalue weighted by molar-refractivity contribution is 7.13. The maximum Gasteiger partial charge on any atom is 0.0267 e. The van der Waals surface area contributed by atoms with Crippen LogP contribution in [0, 0.1) is 0 Å². The first-order valence-corrected chi connectivity index (χ1v) is 7.24. The van der Waals surface area contributed by atoms with Crippen molar-refractivity contribution in [3.8, 4) is 0 Å². The Labute approximate surface area is 105 Å². The van der Waals surface area contributed by atoms with Crippen LogP contribution >= 0.6 is 22.7 Å². The monoisotopic (exact) mass is 248 g/mol. The van der Waals surface area contributed by atoms with Gasteiger partial charge in [-0.2, -0.15) is 0 Å². The van der Waals surface area contributed by atoms with Crippen molar-refractivity contribution < 1.29 is 0 Å². The molecule has 0 nitrogen and oxygen atoms in total. The van der Waals surface area contributed by atoms with E-state index in [0.29, 0.717) is 0 Å². The number of rotatable bonds is 5. The van der Waals surface area contributed by atoms with E-state index >= 15 is 0 Å². The fraction of sp³-hybridized carbons (Fsp3) is 0.286. The van der Waals surface area contributed by atoms with Gasteiger partial charge in [0.1, 0.15) is 0 Å². The maximum absolute atomic E-state index is 3.79. The Morgan fingerprint density at radius 3 is 2.19 bits per heavy atom. The van der Waals surface area contributed by atoms with E-state index in [1.807, 2.05) is 28.7 Å². The summed E-state index contributed by atoms with van der Waals surface area (Å²) in [7, 11) is 0. The first-order valence-electron chi connectivity index (χ1n) is 5.60. The van der Waals surface area contributed by atoms with E-state index in [1.54, 1.807) is 0 Å². The van der Waals surface area contributed by atoms with Crippen molar-refractivity contribution in [1.82, 2.24) is 0 Å². The van der Waals surface area contributed by atoms with Crippen molar-refractivity contribution in [2.45, 2.75) is 26.2 Å². The van der Waals surface area contributed by atoms with Crippen molar-refractivity contribution in [2.75, 3.05) is 0 Å². The second-order valence-corrected chi connectivity index (χ2v) is 6.18. The lowest BCUT2D eigenvalue weighted by molar-refractivity contribution is 1.00. The molecule has 2 heteroatoms. The lowest BCUT2D eigenvalue weighted by Gasteiger charge is -1.94. The van der Waals surface area contributed by atoms with Crippen LogP contribution < -0.4 is 0 Å². The van der Waals surface area contributed by atoms with Gasteiger partial charge >= 0.3 is 0 Å². The second-order valence-electron chi connectivity index (χ2n) is 3.73. The van der Waals surface area contributed by atoms with Crippen LogP contribution in [-0.2, 0) is 19.3 Å². The molecule has 16 heavy (non-hydrogen) atoms. The summed E-state index contributed by atoms with van der Waals surface area (Å²) in [5, 5.41) is 0. The summed E-state index contributed by atoms with van der Waals surface area (Å²) in [6.07, 6.45) is 5.41. The zero-order valence-electron chi connectivity index (χ0n) is 9.53. The summed E-state index contributed by atoms with van der Waals surface area (Å²) < 4.78 is 0. The van der Waals surface area contributed by atoms with Gasteiger partial charge in [-0.3, -0.25) is 0 Å². The van der Waals surface area contributed by atoms with Gasteiger partial charge in [0.25, 0.3) is 0 Å². The molecule has 0 fully saturated rings. The molecule has 0 unspecified atom stereocenters. The van der Waals surface area contributed by atoms with Crippen molar-refractivity contribution in [3.63, 3.8) is 0 Å². The third-order valence-corrected chi connectivity index (χ3v) is 5.00. The number of hydrogen-bond donors (Lipinski definition) is 0. The van der Waals surface area contributed by atoms with Gasteiger partial charge in [0.15, 0.2) is 0 Å². The quantitative estimate of drug-likeness (QED) is 0.713. The minimum Gasteiger partial charge on any atom is -0.145 e. The van der Waals surface area contributed by atoms with Crippen LogP contribution in [0.1, 0.15) is 26.4 Å². The third-order valence-electron chi connectivity index (χ3n) is 2.57. The molecule has 0 atom stereocenters. The minimum atomic E-state index is 1.15. The Bertz CT molecular complexity index is 463. The highest BCUT2D eigenvalue weighted by Crippen LogP contribution is 2.22. The summed E-state index contributed by atoms with van der Waals surface area (Å²) in [6.45, 7) is 6.00. The molecule has 0 aliphatic carbocycles. The average molecular weight is 248 g/mol.